The highest BCUT2D eigenvalue weighted by atomic mass is 16.5. The van der Waals surface area contributed by atoms with Gasteiger partial charge in [-0.25, -0.2) is 4.79 Å². The molecule has 0 aromatic heterocycles. The van der Waals surface area contributed by atoms with E-state index in [1.165, 1.54) is 18.2 Å². The fraction of sp³-hybridized carbons (Fsp3) is 0.462. The Morgan fingerprint density at radius 3 is 2.75 bits per heavy atom. The Balaban J connectivity index is 0.000000606. The number of hydrogen-bond acceptors (Lipinski definition) is 3. The Labute approximate surface area is 96.8 Å². The summed E-state index contributed by atoms with van der Waals surface area (Å²) in [7, 11) is 1.41. The Kier molecular flexibility index (Phi) is 4.99. The van der Waals surface area contributed by atoms with Gasteiger partial charge in [0.15, 0.2) is 0 Å². The maximum Gasteiger partial charge on any atom is 0.337 e. The van der Waals surface area contributed by atoms with Crippen LogP contribution in [-0.4, -0.2) is 19.6 Å². The molecule has 0 aliphatic carbocycles. The summed E-state index contributed by atoms with van der Waals surface area (Å²) in [6, 6.07) is 5.74. The maximum atomic E-state index is 11.3. The number of nitrogens with one attached hydrogen (secondary N) is 1. The third kappa shape index (κ3) is 2.83. The lowest BCUT2D eigenvalue weighted by atomic mass is 9.98. The molecule has 0 unspecified atom stereocenters. The Morgan fingerprint density at radius 1 is 1.31 bits per heavy atom. The summed E-state index contributed by atoms with van der Waals surface area (Å²) >= 11 is 0. The van der Waals surface area contributed by atoms with Crippen LogP contribution in [0, 0.1) is 0 Å². The monoisotopic (exact) mass is 221 g/mol. The predicted octanol–water partition coefficient (Wildman–Crippen LogP) is 2.15. The molecule has 0 radical (unpaired) electrons. The van der Waals surface area contributed by atoms with Gasteiger partial charge in [-0.3, -0.25) is 0 Å². The van der Waals surface area contributed by atoms with E-state index in [1.54, 1.807) is 0 Å². The van der Waals surface area contributed by atoms with E-state index < -0.39 is 0 Å². The van der Waals surface area contributed by atoms with E-state index in [0.717, 1.165) is 19.5 Å². The average molecular weight is 221 g/mol. The number of carbonyl (C=O) groups excluding carboxylic acids is 1. The molecule has 0 saturated heterocycles. The molecular weight excluding hydrogens is 202 g/mol. The van der Waals surface area contributed by atoms with Crippen LogP contribution in [-0.2, 0) is 17.7 Å². The summed E-state index contributed by atoms with van der Waals surface area (Å²) in [4.78, 5) is 11.3. The maximum absolute atomic E-state index is 11.3. The van der Waals surface area contributed by atoms with Gasteiger partial charge in [0, 0.05) is 6.54 Å². The molecule has 1 aliphatic heterocycles. The second-order valence-corrected chi connectivity index (χ2v) is 3.40. The summed E-state index contributed by atoms with van der Waals surface area (Å²) in [5, 5.41) is 3.29. The van der Waals surface area contributed by atoms with Gasteiger partial charge < -0.3 is 10.1 Å². The normalized spacial score (nSPS) is 13.2. The van der Waals surface area contributed by atoms with Gasteiger partial charge >= 0.3 is 5.97 Å². The van der Waals surface area contributed by atoms with Crippen molar-refractivity contribution in [3.8, 4) is 0 Å². The number of benzene rings is 1. The van der Waals surface area contributed by atoms with Gasteiger partial charge in [0.1, 0.15) is 0 Å². The highest BCUT2D eigenvalue weighted by Crippen LogP contribution is 2.16. The van der Waals surface area contributed by atoms with Gasteiger partial charge in [0.2, 0.25) is 0 Å². The third-order valence-corrected chi connectivity index (χ3v) is 2.51. The molecule has 1 N–H and O–H groups in total. The largest absolute Gasteiger partial charge is 0.465 e. The molecule has 0 saturated carbocycles. The molecule has 3 heteroatoms. The molecule has 0 fully saturated rings. The van der Waals surface area contributed by atoms with Crippen molar-refractivity contribution >= 4 is 5.97 Å². The molecule has 0 spiro atoms. The molecule has 88 valence electrons. The highest BCUT2D eigenvalue weighted by molar-refractivity contribution is 5.89. The minimum Gasteiger partial charge on any atom is -0.465 e. The molecule has 1 aliphatic rings. The van der Waals surface area contributed by atoms with Gasteiger partial charge in [0.25, 0.3) is 0 Å². The smallest absolute Gasteiger partial charge is 0.337 e. The minimum absolute atomic E-state index is 0.258. The minimum atomic E-state index is -0.258. The number of hydrogen-bond donors (Lipinski definition) is 1. The molecule has 0 amide bonds. The lowest BCUT2D eigenvalue weighted by Crippen LogP contribution is -2.23. The summed E-state index contributed by atoms with van der Waals surface area (Å²) in [6.07, 6.45) is 0.986. The second-order valence-electron chi connectivity index (χ2n) is 3.40. The molecule has 3 nitrogen and oxygen atoms in total. The van der Waals surface area contributed by atoms with Crippen molar-refractivity contribution in [2.45, 2.75) is 26.8 Å². The van der Waals surface area contributed by atoms with Crippen LogP contribution >= 0.6 is 0 Å². The molecule has 0 atom stereocenters. The third-order valence-electron chi connectivity index (χ3n) is 2.51. The zero-order valence-electron chi connectivity index (χ0n) is 10.2. The van der Waals surface area contributed by atoms with E-state index >= 15 is 0 Å². The summed E-state index contributed by atoms with van der Waals surface area (Å²) in [5.74, 6) is -0.258. The lowest BCUT2D eigenvalue weighted by molar-refractivity contribution is 0.0600. The van der Waals surface area contributed by atoms with Gasteiger partial charge in [-0.05, 0) is 36.2 Å². The van der Waals surface area contributed by atoms with Crippen LogP contribution in [0.2, 0.25) is 0 Å². The Hall–Kier alpha value is -1.35. The van der Waals surface area contributed by atoms with Crippen LogP contribution in [0.25, 0.3) is 0 Å². The molecule has 1 aromatic rings. The van der Waals surface area contributed by atoms with E-state index in [1.807, 2.05) is 32.0 Å². The van der Waals surface area contributed by atoms with Crippen molar-refractivity contribution in [2.24, 2.45) is 0 Å². The molecule has 16 heavy (non-hydrogen) atoms. The van der Waals surface area contributed by atoms with Crippen molar-refractivity contribution in [3.63, 3.8) is 0 Å². The van der Waals surface area contributed by atoms with Crippen LogP contribution in [0.15, 0.2) is 18.2 Å². The molecular formula is C13H19NO2. The number of ether oxygens (including phenoxy) is 1. The van der Waals surface area contributed by atoms with E-state index in [4.69, 9.17) is 0 Å². The predicted molar refractivity (Wildman–Crippen MR) is 64.5 cm³/mol. The summed E-state index contributed by atoms with van der Waals surface area (Å²) in [6.45, 7) is 5.88. The number of carbonyl (C=O) groups is 1. The zero-order valence-corrected chi connectivity index (χ0v) is 10.2. The highest BCUT2D eigenvalue weighted by Gasteiger charge is 2.12. The summed E-state index contributed by atoms with van der Waals surface area (Å²) in [5.41, 5.74) is 3.18. The molecule has 1 heterocycles. The second kappa shape index (κ2) is 6.28. The Morgan fingerprint density at radius 2 is 2.06 bits per heavy atom. The molecule has 0 bridgehead atoms. The van der Waals surface area contributed by atoms with Crippen molar-refractivity contribution in [2.75, 3.05) is 13.7 Å². The van der Waals surface area contributed by atoms with E-state index in [0.29, 0.717) is 5.56 Å². The molecule has 1 aromatic carbocycles. The average Bonchev–Trinajstić information content (AvgIpc) is 2.39. The molecule has 2 rings (SSSR count). The van der Waals surface area contributed by atoms with E-state index in [2.05, 4.69) is 10.1 Å². The first-order chi connectivity index (χ1) is 7.81. The lowest BCUT2D eigenvalue weighted by Gasteiger charge is -2.17. The first-order valence-corrected chi connectivity index (χ1v) is 5.72. The van der Waals surface area contributed by atoms with Crippen LogP contribution < -0.4 is 5.32 Å². The van der Waals surface area contributed by atoms with Gasteiger partial charge in [-0.1, -0.05) is 19.9 Å². The van der Waals surface area contributed by atoms with Crippen molar-refractivity contribution < 1.29 is 9.53 Å². The number of rotatable bonds is 1. The fourth-order valence-electron chi connectivity index (χ4n) is 1.72. The number of fused-ring (bicyclic) bond motifs is 1. The standard InChI is InChI=1S/C11H13NO2.C2H6/c1-14-11(13)9-2-3-10-7-12-5-4-8(10)6-9;1-2/h2-3,6,12H,4-5,7H2,1H3;1-2H3. The van der Waals surface area contributed by atoms with Crippen LogP contribution in [0.3, 0.4) is 0 Å². The number of esters is 1. The van der Waals surface area contributed by atoms with Gasteiger partial charge in [0.05, 0.1) is 12.7 Å². The van der Waals surface area contributed by atoms with Crippen LogP contribution in [0.1, 0.15) is 35.3 Å². The van der Waals surface area contributed by atoms with Crippen molar-refractivity contribution in [3.05, 3.63) is 34.9 Å². The SMILES string of the molecule is CC.COC(=O)c1ccc2c(c1)CCNC2. The zero-order chi connectivity index (χ0) is 12.0. The van der Waals surface area contributed by atoms with Crippen molar-refractivity contribution in [1.29, 1.82) is 0 Å². The van der Waals surface area contributed by atoms with Crippen LogP contribution in [0.5, 0.6) is 0 Å². The van der Waals surface area contributed by atoms with Crippen molar-refractivity contribution in [1.82, 2.24) is 5.32 Å². The van der Waals surface area contributed by atoms with Crippen LogP contribution in [0.4, 0.5) is 0 Å². The van der Waals surface area contributed by atoms with Gasteiger partial charge in [-0.2, -0.15) is 0 Å². The topological polar surface area (TPSA) is 38.3 Å². The van der Waals surface area contributed by atoms with Gasteiger partial charge in [-0.15, -0.1) is 0 Å². The summed E-state index contributed by atoms with van der Waals surface area (Å²) < 4.78 is 4.67. The number of methoxy groups -OCH3 is 1. The first-order valence-electron chi connectivity index (χ1n) is 5.72. The van der Waals surface area contributed by atoms with E-state index in [-0.39, 0.29) is 5.97 Å². The fourth-order valence-corrected chi connectivity index (χ4v) is 1.72. The quantitative estimate of drug-likeness (QED) is 0.738. The first kappa shape index (κ1) is 12.7. The Bertz CT molecular complexity index is 361. The van der Waals surface area contributed by atoms with E-state index in [9.17, 15) is 4.79 Å².